The normalized spacial score (nSPS) is 10.9. The highest BCUT2D eigenvalue weighted by Gasteiger charge is 2.13. The number of nitrogens with one attached hydrogen (secondary N) is 1. The Kier molecular flexibility index (Phi) is 4.38. The van der Waals surface area contributed by atoms with Gasteiger partial charge in [-0.15, -0.1) is 10.2 Å². The smallest absolute Gasteiger partial charge is 0.224 e. The van der Waals surface area contributed by atoms with Gasteiger partial charge in [-0.3, -0.25) is 4.79 Å². The Morgan fingerprint density at radius 3 is 2.96 bits per heavy atom. The molecule has 1 aromatic carbocycles. The van der Waals surface area contributed by atoms with Crippen LogP contribution in [0.5, 0.6) is 0 Å². The third-order valence-corrected chi connectivity index (χ3v) is 4.22. The molecule has 3 rings (SSSR count). The maximum atomic E-state index is 12.2. The van der Waals surface area contributed by atoms with Crippen LogP contribution in [0, 0.1) is 13.8 Å². The number of aryl methyl sites for hydroxylation is 2. The Morgan fingerprint density at radius 2 is 2.17 bits per heavy atom. The number of carbonyl (C=O) groups excluding carboxylic acids is 1. The first-order chi connectivity index (χ1) is 11.0. The van der Waals surface area contributed by atoms with Gasteiger partial charge in [-0.05, 0) is 44.0 Å². The first-order valence-corrected chi connectivity index (χ1v) is 8.05. The topological polar surface area (TPSA) is 72.2 Å². The molecule has 0 unspecified atom stereocenters. The summed E-state index contributed by atoms with van der Waals surface area (Å²) in [5.41, 5.74) is 4.48. The van der Waals surface area contributed by atoms with Crippen LogP contribution in [0.1, 0.15) is 23.2 Å². The largest absolute Gasteiger partial charge is 0.326 e. The monoisotopic (exact) mass is 373 g/mol. The fourth-order valence-electron chi connectivity index (χ4n) is 2.57. The standard InChI is InChI=1S/C16H16BrN5O/c1-10-14(11(2)21-22-9-18-20-16(10)22)6-7-15(23)19-13-5-3-4-12(17)8-13/h3-5,8-9H,6-7H2,1-2H3,(H,19,23). The van der Waals surface area contributed by atoms with Crippen LogP contribution >= 0.6 is 15.9 Å². The van der Waals surface area contributed by atoms with Gasteiger partial charge in [-0.25, -0.2) is 4.52 Å². The molecule has 0 saturated heterocycles. The second kappa shape index (κ2) is 6.45. The zero-order valence-corrected chi connectivity index (χ0v) is 14.5. The third kappa shape index (κ3) is 3.39. The van der Waals surface area contributed by atoms with Crippen molar-refractivity contribution in [1.29, 1.82) is 0 Å². The molecule has 0 atom stereocenters. The Hall–Kier alpha value is -2.28. The minimum Gasteiger partial charge on any atom is -0.326 e. The lowest BCUT2D eigenvalue weighted by atomic mass is 10.0. The Morgan fingerprint density at radius 1 is 1.35 bits per heavy atom. The minimum absolute atomic E-state index is 0.0248. The summed E-state index contributed by atoms with van der Waals surface area (Å²) in [5.74, 6) is -0.0248. The summed E-state index contributed by atoms with van der Waals surface area (Å²) in [6, 6.07) is 7.54. The molecule has 0 aliphatic carbocycles. The minimum atomic E-state index is -0.0248. The molecule has 0 bridgehead atoms. The van der Waals surface area contributed by atoms with Gasteiger partial charge in [0.05, 0.1) is 5.69 Å². The van der Waals surface area contributed by atoms with E-state index in [9.17, 15) is 4.79 Å². The summed E-state index contributed by atoms with van der Waals surface area (Å²) in [6.45, 7) is 3.92. The zero-order chi connectivity index (χ0) is 16.4. The highest BCUT2D eigenvalue weighted by molar-refractivity contribution is 9.10. The molecule has 7 heteroatoms. The van der Waals surface area contributed by atoms with Gasteiger partial charge in [-0.2, -0.15) is 5.10 Å². The first kappa shape index (κ1) is 15.6. The summed E-state index contributed by atoms with van der Waals surface area (Å²) in [7, 11) is 0. The number of carbonyl (C=O) groups is 1. The molecule has 0 spiro atoms. The van der Waals surface area contributed by atoms with Gasteiger partial charge < -0.3 is 5.32 Å². The highest BCUT2D eigenvalue weighted by Crippen LogP contribution is 2.19. The summed E-state index contributed by atoms with van der Waals surface area (Å²) >= 11 is 3.39. The van der Waals surface area contributed by atoms with E-state index in [2.05, 4.69) is 36.5 Å². The molecule has 0 aliphatic heterocycles. The number of nitrogens with zero attached hydrogens (tertiary/aromatic N) is 4. The lowest BCUT2D eigenvalue weighted by molar-refractivity contribution is -0.116. The van der Waals surface area contributed by atoms with Crippen molar-refractivity contribution < 1.29 is 4.79 Å². The van der Waals surface area contributed by atoms with Crippen molar-refractivity contribution in [2.45, 2.75) is 26.7 Å². The van der Waals surface area contributed by atoms with Gasteiger partial charge in [0.2, 0.25) is 5.91 Å². The third-order valence-electron chi connectivity index (χ3n) is 3.72. The Balaban J connectivity index is 1.72. The van der Waals surface area contributed by atoms with E-state index >= 15 is 0 Å². The van der Waals surface area contributed by atoms with Gasteiger partial charge in [0.25, 0.3) is 0 Å². The molecular formula is C16H16BrN5O. The fourth-order valence-corrected chi connectivity index (χ4v) is 2.97. The van der Waals surface area contributed by atoms with Gasteiger partial charge in [-0.1, -0.05) is 22.0 Å². The van der Waals surface area contributed by atoms with Crippen LogP contribution in [0.4, 0.5) is 5.69 Å². The molecule has 0 radical (unpaired) electrons. The molecule has 2 aromatic heterocycles. The van der Waals surface area contributed by atoms with E-state index in [-0.39, 0.29) is 5.91 Å². The molecule has 0 fully saturated rings. The number of fused-ring (bicyclic) bond motifs is 1. The quantitative estimate of drug-likeness (QED) is 0.762. The van der Waals surface area contributed by atoms with Crippen molar-refractivity contribution in [1.82, 2.24) is 19.8 Å². The van der Waals surface area contributed by atoms with Crippen molar-refractivity contribution in [3.63, 3.8) is 0 Å². The maximum absolute atomic E-state index is 12.2. The number of anilines is 1. The molecule has 6 nitrogen and oxygen atoms in total. The highest BCUT2D eigenvalue weighted by atomic mass is 79.9. The van der Waals surface area contributed by atoms with Gasteiger partial charge in [0.1, 0.15) is 6.33 Å². The van der Waals surface area contributed by atoms with Crippen LogP contribution in [-0.4, -0.2) is 25.7 Å². The molecule has 1 amide bonds. The van der Waals surface area contributed by atoms with Gasteiger partial charge in [0.15, 0.2) is 5.65 Å². The number of amides is 1. The number of hydrogen-bond donors (Lipinski definition) is 1. The predicted molar refractivity (Wildman–Crippen MR) is 91.3 cm³/mol. The van der Waals surface area contributed by atoms with Crippen LogP contribution < -0.4 is 5.32 Å². The second-order valence-corrected chi connectivity index (χ2v) is 6.26. The van der Waals surface area contributed by atoms with Crippen molar-refractivity contribution in [3.05, 3.63) is 51.9 Å². The molecule has 0 aliphatic rings. The van der Waals surface area contributed by atoms with E-state index in [4.69, 9.17) is 0 Å². The number of aromatic nitrogens is 4. The maximum Gasteiger partial charge on any atom is 0.224 e. The van der Waals surface area contributed by atoms with Crippen molar-refractivity contribution in [3.8, 4) is 0 Å². The van der Waals surface area contributed by atoms with Gasteiger partial charge in [0, 0.05) is 22.1 Å². The van der Waals surface area contributed by atoms with E-state index in [1.165, 1.54) is 0 Å². The van der Waals surface area contributed by atoms with E-state index in [0.717, 1.165) is 32.6 Å². The van der Waals surface area contributed by atoms with Crippen LogP contribution in [0.3, 0.4) is 0 Å². The summed E-state index contributed by atoms with van der Waals surface area (Å²) < 4.78 is 2.60. The Bertz CT molecular complexity index is 874. The van der Waals surface area contributed by atoms with Crippen molar-refractivity contribution in [2.75, 3.05) is 5.32 Å². The lowest BCUT2D eigenvalue weighted by Gasteiger charge is -2.10. The number of benzene rings is 1. The molecule has 3 aromatic rings. The van der Waals surface area contributed by atoms with Crippen LogP contribution in [0.15, 0.2) is 35.1 Å². The SMILES string of the molecule is Cc1nn2cnnc2c(C)c1CCC(=O)Nc1cccc(Br)c1. The molecule has 118 valence electrons. The van der Waals surface area contributed by atoms with Crippen molar-refractivity contribution in [2.24, 2.45) is 0 Å². The first-order valence-electron chi connectivity index (χ1n) is 7.26. The Labute approximate surface area is 142 Å². The number of hydrogen-bond acceptors (Lipinski definition) is 4. The van der Waals surface area contributed by atoms with Crippen LogP contribution in [0.2, 0.25) is 0 Å². The average molecular weight is 374 g/mol. The average Bonchev–Trinajstić information content (AvgIpc) is 2.95. The fraction of sp³-hybridized carbons (Fsp3) is 0.250. The van der Waals surface area contributed by atoms with Gasteiger partial charge >= 0.3 is 0 Å². The number of halogens is 1. The van der Waals surface area contributed by atoms with Crippen molar-refractivity contribution >= 4 is 33.2 Å². The van der Waals surface area contributed by atoms with E-state index in [1.807, 2.05) is 38.1 Å². The predicted octanol–water partition coefficient (Wildman–Crippen LogP) is 3.07. The van der Waals surface area contributed by atoms with Crippen LogP contribution in [-0.2, 0) is 11.2 Å². The molecule has 1 N–H and O–H groups in total. The lowest BCUT2D eigenvalue weighted by Crippen LogP contribution is -2.14. The molecule has 0 saturated carbocycles. The summed E-state index contributed by atoms with van der Waals surface area (Å²) in [5, 5.41) is 15.3. The second-order valence-electron chi connectivity index (χ2n) is 5.35. The number of rotatable bonds is 4. The zero-order valence-electron chi connectivity index (χ0n) is 12.9. The van der Waals surface area contributed by atoms with E-state index < -0.39 is 0 Å². The summed E-state index contributed by atoms with van der Waals surface area (Å²) in [4.78, 5) is 12.2. The van der Waals surface area contributed by atoms with E-state index in [0.29, 0.717) is 12.8 Å². The molecule has 2 heterocycles. The molecule has 23 heavy (non-hydrogen) atoms. The summed E-state index contributed by atoms with van der Waals surface area (Å²) in [6.07, 6.45) is 2.59. The van der Waals surface area contributed by atoms with E-state index in [1.54, 1.807) is 10.8 Å². The molecular weight excluding hydrogens is 358 g/mol. The van der Waals surface area contributed by atoms with Crippen LogP contribution in [0.25, 0.3) is 5.65 Å².